The van der Waals surface area contributed by atoms with E-state index in [1.165, 1.54) is 24.3 Å². The number of carbonyl (C=O) groups excluding carboxylic acids is 3. The van der Waals surface area contributed by atoms with Gasteiger partial charge in [0.15, 0.2) is 0 Å². The van der Waals surface area contributed by atoms with E-state index in [0.717, 1.165) is 3.82 Å². The minimum Gasteiger partial charge on any atom is -0.507 e. The lowest BCUT2D eigenvalue weighted by atomic mass is 10.2. The van der Waals surface area contributed by atoms with Crippen molar-refractivity contribution < 1.29 is 24.6 Å². The minimum atomic E-state index is -0.558. The molecule has 0 saturated heterocycles. The first kappa shape index (κ1) is 19.8. The van der Waals surface area contributed by atoms with Crippen molar-refractivity contribution in [3.05, 3.63) is 59.7 Å². The van der Waals surface area contributed by atoms with Gasteiger partial charge in [0, 0.05) is 30.3 Å². The zero-order chi connectivity index (χ0) is 19.1. The largest absolute Gasteiger partial charge is 0.507 e. The molecule has 0 saturated carbocycles. The van der Waals surface area contributed by atoms with Crippen molar-refractivity contribution in [2.24, 2.45) is 0 Å². The number of para-hydroxylation sites is 2. The third-order valence-corrected chi connectivity index (χ3v) is 4.85. The second-order valence-corrected chi connectivity index (χ2v) is 7.01. The summed E-state index contributed by atoms with van der Waals surface area (Å²) < 4.78 is 1.01. The first-order valence-corrected chi connectivity index (χ1v) is 9.07. The number of benzene rings is 2. The Morgan fingerprint density at radius 2 is 1.31 bits per heavy atom. The van der Waals surface area contributed by atoms with Gasteiger partial charge in [0.05, 0.1) is 11.1 Å². The number of nitrogens with one attached hydrogen (secondary N) is 1. The van der Waals surface area contributed by atoms with Gasteiger partial charge in [-0.3, -0.25) is 19.8 Å². The molecule has 3 N–H and O–H groups in total. The van der Waals surface area contributed by atoms with Gasteiger partial charge < -0.3 is 10.2 Å². The van der Waals surface area contributed by atoms with Crippen molar-refractivity contribution in [2.75, 3.05) is 0 Å². The Balaban J connectivity index is 2.17. The number of nitrogens with zero attached hydrogens (tertiary/aromatic N) is 1. The summed E-state index contributed by atoms with van der Waals surface area (Å²) in [7, 11) is 0. The van der Waals surface area contributed by atoms with Crippen molar-refractivity contribution in [3.63, 3.8) is 0 Å². The number of phenolic OH excluding ortho intramolecular Hbond substituents is 2. The molecule has 0 bridgehead atoms. The number of aromatic hydroxyl groups is 2. The van der Waals surface area contributed by atoms with Crippen LogP contribution in [0.25, 0.3) is 0 Å². The molecule has 26 heavy (non-hydrogen) atoms. The van der Waals surface area contributed by atoms with E-state index in [4.69, 9.17) is 0 Å². The standard InChI is InChI=1S/C17H16N2O5S2/c1-2-15(22)18-19(25-16(23)11-7-3-5-9-13(11)20)26-17(24)12-8-4-6-10-14(12)21/h3-10,20-21H,2H2,1H3,(H,18,22). The maximum absolute atomic E-state index is 12.4. The lowest BCUT2D eigenvalue weighted by molar-refractivity contribution is -0.122. The predicted octanol–water partition coefficient (Wildman–Crippen LogP) is 3.12. The normalized spacial score (nSPS) is 10.5. The highest BCUT2D eigenvalue weighted by Crippen LogP contribution is 2.30. The number of hydrogen-bond donors (Lipinski definition) is 3. The van der Waals surface area contributed by atoms with Crippen LogP contribution < -0.4 is 5.43 Å². The van der Waals surface area contributed by atoms with E-state index in [2.05, 4.69) is 5.43 Å². The maximum atomic E-state index is 12.4. The first-order chi connectivity index (χ1) is 12.4. The summed E-state index contributed by atoms with van der Waals surface area (Å²) in [5.41, 5.74) is 2.51. The smallest absolute Gasteiger partial charge is 0.240 e. The SMILES string of the molecule is CCC(=O)NN(SC(=O)c1ccccc1O)SC(=O)c1ccccc1O. The van der Waals surface area contributed by atoms with E-state index in [9.17, 15) is 24.6 Å². The molecule has 0 aliphatic rings. The fourth-order valence-corrected chi connectivity index (χ4v) is 3.48. The Hall–Kier alpha value is -2.49. The van der Waals surface area contributed by atoms with E-state index >= 15 is 0 Å². The Morgan fingerprint density at radius 3 is 1.69 bits per heavy atom. The lowest BCUT2D eigenvalue weighted by Crippen LogP contribution is -2.34. The van der Waals surface area contributed by atoms with E-state index in [0.29, 0.717) is 23.9 Å². The molecule has 0 radical (unpaired) electrons. The highest BCUT2D eigenvalue weighted by atomic mass is 32.2. The van der Waals surface area contributed by atoms with Gasteiger partial charge in [0.1, 0.15) is 11.5 Å². The number of phenols is 2. The molecule has 0 aliphatic carbocycles. The molecule has 0 aromatic heterocycles. The summed E-state index contributed by atoms with van der Waals surface area (Å²) in [5.74, 6) is -0.812. The van der Waals surface area contributed by atoms with Crippen molar-refractivity contribution in [3.8, 4) is 11.5 Å². The van der Waals surface area contributed by atoms with E-state index in [1.807, 2.05) is 0 Å². The maximum Gasteiger partial charge on any atom is 0.240 e. The zero-order valence-corrected chi connectivity index (χ0v) is 15.3. The van der Waals surface area contributed by atoms with Gasteiger partial charge in [0.2, 0.25) is 16.1 Å². The molecule has 136 valence electrons. The number of amides is 1. The molecule has 2 aromatic carbocycles. The summed E-state index contributed by atoms with van der Waals surface area (Å²) in [5, 5.41) is 18.4. The summed E-state index contributed by atoms with van der Waals surface area (Å²) in [6, 6.07) is 11.9. The molecule has 0 heterocycles. The second-order valence-electron chi connectivity index (χ2n) is 4.94. The van der Waals surface area contributed by atoms with Crippen molar-refractivity contribution in [1.29, 1.82) is 0 Å². The molecule has 0 fully saturated rings. The van der Waals surface area contributed by atoms with Crippen LogP contribution in [0.15, 0.2) is 48.5 Å². The highest BCUT2D eigenvalue weighted by Gasteiger charge is 2.23. The fraction of sp³-hybridized carbons (Fsp3) is 0.118. The zero-order valence-electron chi connectivity index (χ0n) is 13.7. The van der Waals surface area contributed by atoms with Gasteiger partial charge in [-0.25, -0.2) is 0 Å². The Kier molecular flexibility index (Phi) is 7.07. The second kappa shape index (κ2) is 9.27. The van der Waals surface area contributed by atoms with Crippen LogP contribution in [0, 0.1) is 0 Å². The molecule has 0 unspecified atom stereocenters. The third-order valence-electron chi connectivity index (χ3n) is 3.12. The van der Waals surface area contributed by atoms with Crippen molar-refractivity contribution in [1.82, 2.24) is 9.25 Å². The van der Waals surface area contributed by atoms with Gasteiger partial charge in [-0.05, 0) is 24.3 Å². The van der Waals surface area contributed by atoms with Crippen LogP contribution in [0.1, 0.15) is 34.1 Å². The minimum absolute atomic E-state index is 0.0452. The van der Waals surface area contributed by atoms with Crippen molar-refractivity contribution >= 4 is 40.0 Å². The van der Waals surface area contributed by atoms with Crippen LogP contribution in [-0.4, -0.2) is 30.2 Å². The van der Waals surface area contributed by atoms with E-state index in [-0.39, 0.29) is 29.0 Å². The Labute approximate surface area is 158 Å². The van der Waals surface area contributed by atoms with Gasteiger partial charge in [0.25, 0.3) is 0 Å². The summed E-state index contributed by atoms with van der Waals surface area (Å²) in [4.78, 5) is 36.4. The average molecular weight is 392 g/mol. The van der Waals surface area contributed by atoms with Crippen LogP contribution in [0.4, 0.5) is 0 Å². The van der Waals surface area contributed by atoms with Crippen LogP contribution >= 0.6 is 23.9 Å². The molecule has 7 nitrogen and oxygen atoms in total. The number of hydrogen-bond acceptors (Lipinski definition) is 8. The topological polar surface area (TPSA) is 107 Å². The van der Waals surface area contributed by atoms with Crippen LogP contribution in [-0.2, 0) is 4.79 Å². The average Bonchev–Trinajstić information content (AvgIpc) is 2.62. The molecule has 0 spiro atoms. The molecule has 9 heteroatoms. The van der Waals surface area contributed by atoms with E-state index in [1.54, 1.807) is 31.2 Å². The molecule has 1 amide bonds. The van der Waals surface area contributed by atoms with Crippen LogP contribution in [0.3, 0.4) is 0 Å². The third kappa shape index (κ3) is 5.25. The summed E-state index contributed by atoms with van der Waals surface area (Å²) in [6.45, 7) is 1.62. The van der Waals surface area contributed by atoms with Gasteiger partial charge >= 0.3 is 0 Å². The molecule has 0 aliphatic heterocycles. The highest BCUT2D eigenvalue weighted by molar-refractivity contribution is 8.25. The fourth-order valence-electron chi connectivity index (χ4n) is 1.79. The Morgan fingerprint density at radius 1 is 0.885 bits per heavy atom. The first-order valence-electron chi connectivity index (χ1n) is 7.52. The number of carbonyl (C=O) groups is 3. The predicted molar refractivity (Wildman–Crippen MR) is 100 cm³/mol. The molecule has 2 rings (SSSR count). The van der Waals surface area contributed by atoms with Gasteiger partial charge in [-0.1, -0.05) is 35.0 Å². The van der Waals surface area contributed by atoms with Gasteiger partial charge in [-0.2, -0.15) is 0 Å². The Bertz CT molecular complexity index is 769. The van der Waals surface area contributed by atoms with Gasteiger partial charge in [-0.15, -0.1) is 0 Å². The van der Waals surface area contributed by atoms with Crippen LogP contribution in [0.2, 0.25) is 0 Å². The molecular formula is C17H16N2O5S2. The molecule has 2 aromatic rings. The quantitative estimate of drug-likeness (QED) is 0.508. The van der Waals surface area contributed by atoms with Crippen LogP contribution in [0.5, 0.6) is 11.5 Å². The molecular weight excluding hydrogens is 376 g/mol. The number of rotatable bonds is 6. The number of hydrazine groups is 1. The summed E-state index contributed by atoms with van der Waals surface area (Å²) >= 11 is 1.10. The van der Waals surface area contributed by atoms with Crippen molar-refractivity contribution in [2.45, 2.75) is 13.3 Å². The van der Waals surface area contributed by atoms with E-state index < -0.39 is 16.1 Å². The molecule has 0 atom stereocenters. The summed E-state index contributed by atoms with van der Waals surface area (Å²) in [6.07, 6.45) is 0.146. The lowest BCUT2D eigenvalue weighted by Gasteiger charge is -2.18. The monoisotopic (exact) mass is 392 g/mol.